The Kier molecular flexibility index (Phi) is 3.33. The molecule has 0 bridgehead atoms. The Bertz CT molecular complexity index is 455. The zero-order valence-corrected chi connectivity index (χ0v) is 9.83. The molecule has 3 N–H and O–H groups in total. The van der Waals surface area contributed by atoms with Crippen LogP contribution in [0.5, 0.6) is 0 Å². The summed E-state index contributed by atoms with van der Waals surface area (Å²) in [5, 5.41) is 9.46. The van der Waals surface area contributed by atoms with E-state index in [0.29, 0.717) is 10.6 Å². The van der Waals surface area contributed by atoms with E-state index in [0.717, 1.165) is 0 Å². The number of hydrogen-bond acceptors (Lipinski definition) is 3. The van der Waals surface area contributed by atoms with Crippen molar-refractivity contribution in [3.05, 3.63) is 34.6 Å². The SMILES string of the molecule is CC1NNC(C(=O)O)C1c1cc(Cl)ccc1F. The van der Waals surface area contributed by atoms with E-state index in [1.54, 1.807) is 6.92 Å². The molecule has 2 rings (SSSR count). The van der Waals surface area contributed by atoms with Gasteiger partial charge < -0.3 is 5.11 Å². The Labute approximate surface area is 103 Å². The zero-order chi connectivity index (χ0) is 12.6. The fraction of sp³-hybridized carbons (Fsp3) is 0.364. The lowest BCUT2D eigenvalue weighted by Gasteiger charge is -2.19. The van der Waals surface area contributed by atoms with Gasteiger partial charge in [-0.25, -0.2) is 9.82 Å². The van der Waals surface area contributed by atoms with Gasteiger partial charge in [0.2, 0.25) is 0 Å². The molecular weight excluding hydrogens is 247 g/mol. The summed E-state index contributed by atoms with van der Waals surface area (Å²) in [6, 6.07) is 3.11. The van der Waals surface area contributed by atoms with Gasteiger partial charge in [0, 0.05) is 17.0 Å². The highest BCUT2D eigenvalue weighted by Crippen LogP contribution is 2.31. The molecule has 0 amide bonds. The summed E-state index contributed by atoms with van der Waals surface area (Å²) in [4.78, 5) is 11.1. The summed E-state index contributed by atoms with van der Waals surface area (Å²) in [6.45, 7) is 1.79. The summed E-state index contributed by atoms with van der Waals surface area (Å²) in [7, 11) is 0. The second-order valence-electron chi connectivity index (χ2n) is 4.08. The van der Waals surface area contributed by atoms with Crippen LogP contribution in [0, 0.1) is 5.82 Å². The van der Waals surface area contributed by atoms with Crippen molar-refractivity contribution in [3.63, 3.8) is 0 Å². The molecule has 17 heavy (non-hydrogen) atoms. The van der Waals surface area contributed by atoms with Gasteiger partial charge in [0.15, 0.2) is 0 Å². The maximum absolute atomic E-state index is 13.7. The van der Waals surface area contributed by atoms with Gasteiger partial charge in [0.25, 0.3) is 0 Å². The molecule has 1 aliphatic heterocycles. The lowest BCUT2D eigenvalue weighted by molar-refractivity contribution is -0.139. The Balaban J connectivity index is 2.42. The van der Waals surface area contributed by atoms with E-state index in [2.05, 4.69) is 10.9 Å². The van der Waals surface area contributed by atoms with Crippen molar-refractivity contribution < 1.29 is 14.3 Å². The largest absolute Gasteiger partial charge is 0.480 e. The summed E-state index contributed by atoms with van der Waals surface area (Å²) in [5.41, 5.74) is 5.76. The molecule has 1 saturated heterocycles. The predicted molar refractivity (Wildman–Crippen MR) is 61.3 cm³/mol. The average Bonchev–Trinajstić information content (AvgIpc) is 2.64. The number of rotatable bonds is 2. The molecule has 3 unspecified atom stereocenters. The van der Waals surface area contributed by atoms with Gasteiger partial charge >= 0.3 is 5.97 Å². The summed E-state index contributed by atoms with van der Waals surface area (Å²) in [5.74, 6) is -1.96. The molecule has 92 valence electrons. The maximum atomic E-state index is 13.7. The van der Waals surface area contributed by atoms with E-state index in [1.165, 1.54) is 18.2 Å². The highest BCUT2D eigenvalue weighted by molar-refractivity contribution is 6.30. The van der Waals surface area contributed by atoms with Crippen LogP contribution in [-0.2, 0) is 4.79 Å². The highest BCUT2D eigenvalue weighted by atomic mass is 35.5. The number of carboxylic acid groups (broad SMARTS) is 1. The second kappa shape index (κ2) is 4.60. The van der Waals surface area contributed by atoms with Gasteiger partial charge in [-0.05, 0) is 30.7 Å². The summed E-state index contributed by atoms with van der Waals surface area (Å²) in [6.07, 6.45) is 0. The number of hydrogen-bond donors (Lipinski definition) is 3. The maximum Gasteiger partial charge on any atom is 0.322 e. The summed E-state index contributed by atoms with van der Waals surface area (Å²) >= 11 is 5.82. The van der Waals surface area contributed by atoms with Gasteiger partial charge in [0.1, 0.15) is 11.9 Å². The molecule has 3 atom stereocenters. The molecule has 0 radical (unpaired) electrons. The van der Waals surface area contributed by atoms with Gasteiger partial charge in [-0.3, -0.25) is 10.2 Å². The van der Waals surface area contributed by atoms with Gasteiger partial charge in [-0.2, -0.15) is 0 Å². The van der Waals surface area contributed by atoms with E-state index < -0.39 is 23.7 Å². The molecule has 1 fully saturated rings. The number of nitrogens with one attached hydrogen (secondary N) is 2. The number of carbonyl (C=O) groups is 1. The second-order valence-corrected chi connectivity index (χ2v) is 4.52. The molecule has 1 aromatic rings. The van der Waals surface area contributed by atoms with Crippen LogP contribution >= 0.6 is 11.6 Å². The Morgan fingerprint density at radius 2 is 2.18 bits per heavy atom. The minimum atomic E-state index is -1.02. The molecule has 0 aliphatic carbocycles. The minimum Gasteiger partial charge on any atom is -0.480 e. The number of halogens is 2. The number of carboxylic acids is 1. The summed E-state index contributed by atoms with van der Waals surface area (Å²) < 4.78 is 13.7. The smallest absolute Gasteiger partial charge is 0.322 e. The first kappa shape index (κ1) is 12.3. The van der Waals surface area contributed by atoms with Crippen LogP contribution in [-0.4, -0.2) is 23.2 Å². The van der Waals surface area contributed by atoms with Crippen LogP contribution in [0.1, 0.15) is 18.4 Å². The van der Waals surface area contributed by atoms with Crippen LogP contribution in [0.3, 0.4) is 0 Å². The zero-order valence-electron chi connectivity index (χ0n) is 9.08. The van der Waals surface area contributed by atoms with Crippen molar-refractivity contribution >= 4 is 17.6 Å². The molecule has 1 aliphatic rings. The van der Waals surface area contributed by atoms with E-state index in [-0.39, 0.29) is 6.04 Å². The number of aliphatic carboxylic acids is 1. The Hall–Kier alpha value is -1.17. The van der Waals surface area contributed by atoms with E-state index in [1.807, 2.05) is 0 Å². The van der Waals surface area contributed by atoms with Crippen LogP contribution in [0.2, 0.25) is 5.02 Å². The monoisotopic (exact) mass is 258 g/mol. The van der Waals surface area contributed by atoms with Gasteiger partial charge in [0.05, 0.1) is 0 Å². The van der Waals surface area contributed by atoms with Crippen molar-refractivity contribution in [2.45, 2.75) is 24.9 Å². The third-order valence-electron chi connectivity index (χ3n) is 2.95. The minimum absolute atomic E-state index is 0.191. The van der Waals surface area contributed by atoms with Crippen molar-refractivity contribution in [2.24, 2.45) is 0 Å². The van der Waals surface area contributed by atoms with Crippen LogP contribution < -0.4 is 10.9 Å². The first-order valence-electron chi connectivity index (χ1n) is 5.19. The molecule has 4 nitrogen and oxygen atoms in total. The molecular formula is C11H12ClFN2O2. The first-order chi connectivity index (χ1) is 8.00. The lowest BCUT2D eigenvalue weighted by atomic mass is 9.87. The van der Waals surface area contributed by atoms with Crippen molar-refractivity contribution in [1.29, 1.82) is 0 Å². The molecule has 1 aromatic carbocycles. The average molecular weight is 259 g/mol. The normalized spacial score (nSPS) is 28.3. The third kappa shape index (κ3) is 2.26. The highest BCUT2D eigenvalue weighted by Gasteiger charge is 2.40. The van der Waals surface area contributed by atoms with Gasteiger partial charge in [-0.15, -0.1) is 0 Å². The van der Waals surface area contributed by atoms with Crippen molar-refractivity contribution in [2.75, 3.05) is 0 Å². The standard InChI is InChI=1S/C11H12ClFN2O2/c1-5-9(10(11(16)17)15-14-5)7-4-6(12)2-3-8(7)13/h2-5,9-10,14-15H,1H3,(H,16,17). The van der Waals surface area contributed by atoms with E-state index in [9.17, 15) is 9.18 Å². The molecule has 0 saturated carbocycles. The molecule has 0 aromatic heterocycles. The Morgan fingerprint density at radius 1 is 1.47 bits per heavy atom. The quantitative estimate of drug-likeness (QED) is 0.753. The fourth-order valence-corrected chi connectivity index (χ4v) is 2.30. The molecule has 6 heteroatoms. The number of hydrazine groups is 1. The number of benzene rings is 1. The van der Waals surface area contributed by atoms with Crippen LogP contribution in [0.4, 0.5) is 4.39 Å². The van der Waals surface area contributed by atoms with Gasteiger partial charge in [-0.1, -0.05) is 11.6 Å². The topological polar surface area (TPSA) is 61.4 Å². The van der Waals surface area contributed by atoms with Crippen LogP contribution in [0.15, 0.2) is 18.2 Å². The fourth-order valence-electron chi connectivity index (χ4n) is 2.12. The van der Waals surface area contributed by atoms with E-state index >= 15 is 0 Å². The van der Waals surface area contributed by atoms with E-state index in [4.69, 9.17) is 16.7 Å². The molecule has 1 heterocycles. The third-order valence-corrected chi connectivity index (χ3v) is 3.18. The molecule has 0 spiro atoms. The van der Waals surface area contributed by atoms with Crippen LogP contribution in [0.25, 0.3) is 0 Å². The van der Waals surface area contributed by atoms with Crippen molar-refractivity contribution in [3.8, 4) is 0 Å². The lowest BCUT2D eigenvalue weighted by Crippen LogP contribution is -2.38. The van der Waals surface area contributed by atoms with Crippen molar-refractivity contribution in [1.82, 2.24) is 10.9 Å². The predicted octanol–water partition coefficient (Wildman–Crippen LogP) is 1.51. The first-order valence-corrected chi connectivity index (χ1v) is 5.57. The Morgan fingerprint density at radius 3 is 2.82 bits per heavy atom.